The van der Waals surface area contributed by atoms with E-state index >= 15 is 0 Å². The lowest BCUT2D eigenvalue weighted by Crippen LogP contribution is -2.45. The summed E-state index contributed by atoms with van der Waals surface area (Å²) in [7, 11) is 0. The highest BCUT2D eigenvalue weighted by molar-refractivity contribution is 5.85. The molecule has 0 aromatic heterocycles. The summed E-state index contributed by atoms with van der Waals surface area (Å²) in [5, 5.41) is 2.41. The van der Waals surface area contributed by atoms with Gasteiger partial charge in [-0.1, -0.05) is 13.8 Å². The van der Waals surface area contributed by atoms with E-state index in [0.29, 0.717) is 6.61 Å². The van der Waals surface area contributed by atoms with Crippen LogP contribution in [0.1, 0.15) is 20.8 Å². The van der Waals surface area contributed by atoms with Gasteiger partial charge in [-0.15, -0.1) is 12.4 Å². The van der Waals surface area contributed by atoms with Crippen LogP contribution in [-0.2, 0) is 14.3 Å². The largest absolute Gasteiger partial charge is 0.465 e. The maximum atomic E-state index is 11.2. The molecule has 0 aliphatic heterocycles. The first-order chi connectivity index (χ1) is 6.49. The van der Waals surface area contributed by atoms with E-state index in [1.807, 2.05) is 13.8 Å². The molecule has 3 N–H and O–H groups in total. The number of nitrogens with two attached hydrogens (primary N) is 1. The SMILES string of the molecule is CCOC(=O)CNC(=O)[C@@H](N)C(C)C.Cl. The lowest BCUT2D eigenvalue weighted by atomic mass is 10.1. The highest BCUT2D eigenvalue weighted by Gasteiger charge is 2.17. The first-order valence-electron chi connectivity index (χ1n) is 4.68. The van der Waals surface area contributed by atoms with E-state index in [-0.39, 0.29) is 30.8 Å². The highest BCUT2D eigenvalue weighted by Crippen LogP contribution is 1.97. The molecule has 0 aromatic carbocycles. The van der Waals surface area contributed by atoms with E-state index in [4.69, 9.17) is 5.73 Å². The first-order valence-corrected chi connectivity index (χ1v) is 4.68. The fraction of sp³-hybridized carbons (Fsp3) is 0.778. The Hall–Kier alpha value is -0.810. The van der Waals surface area contributed by atoms with Crippen LogP contribution < -0.4 is 11.1 Å². The monoisotopic (exact) mass is 238 g/mol. The van der Waals surface area contributed by atoms with Crippen molar-refractivity contribution in [2.75, 3.05) is 13.2 Å². The minimum atomic E-state index is -0.579. The summed E-state index contributed by atoms with van der Waals surface area (Å²) in [6.45, 7) is 5.58. The number of amides is 1. The molecule has 6 heteroatoms. The van der Waals surface area contributed by atoms with Crippen LogP contribution in [-0.4, -0.2) is 31.1 Å². The van der Waals surface area contributed by atoms with Crippen LogP contribution >= 0.6 is 12.4 Å². The van der Waals surface area contributed by atoms with Crippen molar-refractivity contribution in [3.63, 3.8) is 0 Å². The topological polar surface area (TPSA) is 81.4 Å². The van der Waals surface area contributed by atoms with Gasteiger partial charge in [0.2, 0.25) is 5.91 Å². The van der Waals surface area contributed by atoms with E-state index in [1.54, 1.807) is 6.92 Å². The summed E-state index contributed by atoms with van der Waals surface area (Å²) >= 11 is 0. The summed E-state index contributed by atoms with van der Waals surface area (Å²) in [4.78, 5) is 22.1. The van der Waals surface area contributed by atoms with Gasteiger partial charge in [0.15, 0.2) is 0 Å². The van der Waals surface area contributed by atoms with Crippen molar-refractivity contribution in [3.8, 4) is 0 Å². The number of esters is 1. The van der Waals surface area contributed by atoms with E-state index in [1.165, 1.54) is 0 Å². The van der Waals surface area contributed by atoms with Crippen molar-refractivity contribution < 1.29 is 14.3 Å². The maximum Gasteiger partial charge on any atom is 0.325 e. The summed E-state index contributed by atoms with van der Waals surface area (Å²) in [6, 6.07) is -0.579. The summed E-state index contributed by atoms with van der Waals surface area (Å²) < 4.78 is 4.64. The predicted octanol–water partition coefficient (Wildman–Crippen LogP) is 0.0708. The normalized spacial score (nSPS) is 11.5. The minimum Gasteiger partial charge on any atom is -0.465 e. The zero-order chi connectivity index (χ0) is 11.1. The van der Waals surface area contributed by atoms with Crippen LogP contribution in [0.2, 0.25) is 0 Å². The van der Waals surface area contributed by atoms with Gasteiger partial charge in [-0.2, -0.15) is 0 Å². The molecule has 0 aromatic rings. The second-order valence-electron chi connectivity index (χ2n) is 3.29. The molecule has 0 unspecified atom stereocenters. The Balaban J connectivity index is 0. The Morgan fingerprint density at radius 1 is 1.40 bits per heavy atom. The molecule has 0 aliphatic carbocycles. The molecule has 1 atom stereocenters. The van der Waals surface area contributed by atoms with Crippen LogP contribution in [0.25, 0.3) is 0 Å². The van der Waals surface area contributed by atoms with Crippen LogP contribution in [0.3, 0.4) is 0 Å². The molecule has 5 nitrogen and oxygen atoms in total. The predicted molar refractivity (Wildman–Crippen MR) is 59.7 cm³/mol. The number of carbonyl (C=O) groups excluding carboxylic acids is 2. The van der Waals surface area contributed by atoms with Gasteiger partial charge in [0.1, 0.15) is 6.54 Å². The van der Waals surface area contributed by atoms with E-state index in [2.05, 4.69) is 10.1 Å². The molecule has 0 spiro atoms. The van der Waals surface area contributed by atoms with Crippen LogP contribution in [0.15, 0.2) is 0 Å². The lowest BCUT2D eigenvalue weighted by molar-refractivity contribution is -0.143. The third-order valence-electron chi connectivity index (χ3n) is 1.73. The van der Waals surface area contributed by atoms with Crippen molar-refractivity contribution in [1.82, 2.24) is 5.32 Å². The first kappa shape index (κ1) is 16.6. The number of halogens is 1. The third kappa shape index (κ3) is 7.16. The maximum absolute atomic E-state index is 11.2. The quantitative estimate of drug-likeness (QED) is 0.665. The molecule has 15 heavy (non-hydrogen) atoms. The Morgan fingerprint density at radius 2 is 1.93 bits per heavy atom. The molecule has 0 saturated heterocycles. The average Bonchev–Trinajstić information content (AvgIpc) is 2.13. The van der Waals surface area contributed by atoms with Gasteiger partial charge in [-0.25, -0.2) is 0 Å². The molecule has 0 fully saturated rings. The average molecular weight is 239 g/mol. The van der Waals surface area contributed by atoms with Crippen LogP contribution in [0.4, 0.5) is 0 Å². The summed E-state index contributed by atoms with van der Waals surface area (Å²) in [6.07, 6.45) is 0. The van der Waals surface area contributed by atoms with Gasteiger partial charge in [-0.05, 0) is 12.8 Å². The molecule has 0 radical (unpaired) electrons. The molecule has 1 amide bonds. The summed E-state index contributed by atoms with van der Waals surface area (Å²) in [5.41, 5.74) is 5.56. The zero-order valence-electron chi connectivity index (χ0n) is 9.28. The third-order valence-corrected chi connectivity index (χ3v) is 1.73. The zero-order valence-corrected chi connectivity index (χ0v) is 10.1. The molecule has 90 valence electrons. The molecule has 0 bridgehead atoms. The molecule has 0 aliphatic rings. The van der Waals surface area contributed by atoms with Gasteiger partial charge >= 0.3 is 5.97 Å². The second-order valence-corrected chi connectivity index (χ2v) is 3.29. The highest BCUT2D eigenvalue weighted by atomic mass is 35.5. The minimum absolute atomic E-state index is 0. The Labute approximate surface area is 96.1 Å². The second kappa shape index (κ2) is 8.49. The smallest absolute Gasteiger partial charge is 0.325 e. The number of hydrogen-bond acceptors (Lipinski definition) is 4. The Morgan fingerprint density at radius 3 is 2.33 bits per heavy atom. The van der Waals surface area contributed by atoms with Crippen molar-refractivity contribution in [1.29, 1.82) is 0 Å². The van der Waals surface area contributed by atoms with Crippen molar-refractivity contribution in [2.45, 2.75) is 26.8 Å². The number of ether oxygens (including phenoxy) is 1. The molecular formula is C9H19ClN2O3. The molecule has 0 heterocycles. The van der Waals surface area contributed by atoms with Gasteiger partial charge in [0.05, 0.1) is 12.6 Å². The molecular weight excluding hydrogens is 220 g/mol. The van der Waals surface area contributed by atoms with Crippen LogP contribution in [0, 0.1) is 5.92 Å². The number of carbonyl (C=O) groups is 2. The van der Waals surface area contributed by atoms with E-state index < -0.39 is 12.0 Å². The lowest BCUT2D eigenvalue weighted by Gasteiger charge is -2.14. The van der Waals surface area contributed by atoms with Gasteiger partial charge < -0.3 is 15.8 Å². The standard InChI is InChI=1S/C9H18N2O3.ClH/c1-4-14-7(12)5-11-9(13)8(10)6(2)3;/h6,8H,4-5,10H2,1-3H3,(H,11,13);1H/t8-;/m0./s1. The molecule has 0 saturated carbocycles. The number of hydrogen-bond donors (Lipinski definition) is 2. The Bertz CT molecular complexity index is 210. The van der Waals surface area contributed by atoms with E-state index in [9.17, 15) is 9.59 Å². The van der Waals surface area contributed by atoms with Crippen molar-refractivity contribution >= 4 is 24.3 Å². The Kier molecular flexibility index (Phi) is 9.41. The number of rotatable bonds is 5. The molecule has 0 rings (SSSR count). The summed E-state index contributed by atoms with van der Waals surface area (Å²) in [5.74, 6) is -0.720. The fourth-order valence-electron chi connectivity index (χ4n) is 0.792. The van der Waals surface area contributed by atoms with Crippen molar-refractivity contribution in [3.05, 3.63) is 0 Å². The fourth-order valence-corrected chi connectivity index (χ4v) is 0.792. The van der Waals surface area contributed by atoms with Gasteiger partial charge in [0.25, 0.3) is 0 Å². The number of nitrogens with one attached hydrogen (secondary N) is 1. The van der Waals surface area contributed by atoms with E-state index in [0.717, 1.165) is 0 Å². The van der Waals surface area contributed by atoms with Gasteiger partial charge in [-0.3, -0.25) is 9.59 Å². The van der Waals surface area contributed by atoms with Crippen molar-refractivity contribution in [2.24, 2.45) is 11.7 Å². The van der Waals surface area contributed by atoms with Crippen LogP contribution in [0.5, 0.6) is 0 Å². The van der Waals surface area contributed by atoms with Gasteiger partial charge in [0, 0.05) is 0 Å².